The van der Waals surface area contributed by atoms with Crippen molar-refractivity contribution >= 4 is 10.9 Å². The van der Waals surface area contributed by atoms with Crippen LogP contribution in [-0.2, 0) is 5.41 Å². The largest absolute Gasteiger partial charge is 0.330 e. The maximum Gasteiger partial charge on any atom is 0.0704 e. The van der Waals surface area contributed by atoms with Gasteiger partial charge in [0.15, 0.2) is 0 Å². The molecule has 1 aliphatic rings. The summed E-state index contributed by atoms with van der Waals surface area (Å²) < 4.78 is 0. The van der Waals surface area contributed by atoms with Crippen LogP contribution < -0.4 is 5.73 Å². The van der Waals surface area contributed by atoms with Crippen molar-refractivity contribution in [3.05, 3.63) is 42.1 Å². The molecule has 16 heavy (non-hydrogen) atoms. The number of aromatic nitrogens is 1. The van der Waals surface area contributed by atoms with Crippen LogP contribution >= 0.6 is 0 Å². The monoisotopic (exact) mass is 212 g/mol. The second-order valence-electron chi connectivity index (χ2n) is 4.71. The fourth-order valence-corrected chi connectivity index (χ4v) is 2.75. The van der Waals surface area contributed by atoms with Gasteiger partial charge in [-0.15, -0.1) is 0 Å². The molecule has 0 bridgehead atoms. The Balaban J connectivity index is 2.23. The maximum atomic E-state index is 5.97. The van der Waals surface area contributed by atoms with Gasteiger partial charge in [-0.25, -0.2) is 0 Å². The van der Waals surface area contributed by atoms with Crippen LogP contribution in [0.3, 0.4) is 0 Å². The van der Waals surface area contributed by atoms with Crippen LogP contribution in [0.25, 0.3) is 10.9 Å². The molecule has 1 saturated carbocycles. The molecule has 1 heterocycles. The molecular formula is C14H16N2. The number of benzene rings is 1. The lowest BCUT2D eigenvalue weighted by atomic mass is 9.64. The van der Waals surface area contributed by atoms with Crippen LogP contribution in [0.5, 0.6) is 0 Å². The number of para-hydroxylation sites is 1. The van der Waals surface area contributed by atoms with Gasteiger partial charge >= 0.3 is 0 Å². The summed E-state index contributed by atoms with van der Waals surface area (Å²) in [6.07, 6.45) is 5.65. The number of nitrogens with two attached hydrogens (primary N) is 1. The zero-order chi connectivity index (χ0) is 11.0. The van der Waals surface area contributed by atoms with Gasteiger partial charge in [-0.1, -0.05) is 24.6 Å². The van der Waals surface area contributed by atoms with Crippen LogP contribution in [0, 0.1) is 0 Å². The molecule has 0 saturated heterocycles. The average molecular weight is 212 g/mol. The standard InChI is InChI=1S/C14H16N2/c15-10-14(7-3-8-14)12-6-9-16-13-5-2-1-4-11(12)13/h1-2,4-6,9H,3,7-8,10,15H2. The molecule has 1 aliphatic carbocycles. The van der Waals surface area contributed by atoms with Crippen molar-refractivity contribution in [2.24, 2.45) is 5.73 Å². The van der Waals surface area contributed by atoms with Crippen LogP contribution in [0.1, 0.15) is 24.8 Å². The van der Waals surface area contributed by atoms with Gasteiger partial charge in [0, 0.05) is 23.5 Å². The summed E-state index contributed by atoms with van der Waals surface area (Å²) in [6.45, 7) is 0.751. The molecule has 0 amide bonds. The first-order chi connectivity index (χ1) is 7.86. The molecule has 0 aliphatic heterocycles. The Morgan fingerprint density at radius 3 is 2.69 bits per heavy atom. The van der Waals surface area contributed by atoms with Crippen LogP contribution in [0.2, 0.25) is 0 Å². The number of hydrogen-bond acceptors (Lipinski definition) is 2. The Morgan fingerprint density at radius 2 is 2.00 bits per heavy atom. The smallest absolute Gasteiger partial charge is 0.0704 e. The van der Waals surface area contributed by atoms with E-state index in [1.165, 1.54) is 30.2 Å². The number of pyridine rings is 1. The van der Waals surface area contributed by atoms with Gasteiger partial charge in [0.1, 0.15) is 0 Å². The Labute approximate surface area is 95.5 Å². The molecule has 3 rings (SSSR count). The molecule has 1 aromatic carbocycles. The van der Waals surface area contributed by atoms with Gasteiger partial charge < -0.3 is 5.73 Å². The van der Waals surface area contributed by atoms with Crippen molar-refractivity contribution in [3.8, 4) is 0 Å². The third-order valence-electron chi connectivity index (χ3n) is 3.92. The molecular weight excluding hydrogens is 196 g/mol. The lowest BCUT2D eigenvalue weighted by Crippen LogP contribution is -2.41. The van der Waals surface area contributed by atoms with E-state index in [-0.39, 0.29) is 5.41 Å². The van der Waals surface area contributed by atoms with E-state index in [2.05, 4.69) is 29.2 Å². The number of hydrogen-bond donors (Lipinski definition) is 1. The van der Waals surface area contributed by atoms with E-state index in [4.69, 9.17) is 5.73 Å². The maximum absolute atomic E-state index is 5.97. The van der Waals surface area contributed by atoms with Crippen LogP contribution in [-0.4, -0.2) is 11.5 Å². The average Bonchev–Trinajstić information content (AvgIpc) is 2.29. The molecule has 0 spiro atoms. The van der Waals surface area contributed by atoms with E-state index >= 15 is 0 Å². The minimum Gasteiger partial charge on any atom is -0.330 e. The summed E-state index contributed by atoms with van der Waals surface area (Å²) in [7, 11) is 0. The second-order valence-corrected chi connectivity index (χ2v) is 4.71. The Bertz CT molecular complexity index is 504. The predicted octanol–water partition coefficient (Wildman–Crippen LogP) is 2.62. The molecule has 82 valence electrons. The molecule has 0 atom stereocenters. The Morgan fingerprint density at radius 1 is 1.19 bits per heavy atom. The Kier molecular flexibility index (Phi) is 2.18. The van der Waals surface area contributed by atoms with Crippen molar-refractivity contribution in [2.45, 2.75) is 24.7 Å². The highest BCUT2D eigenvalue weighted by atomic mass is 14.7. The van der Waals surface area contributed by atoms with E-state index in [1.807, 2.05) is 12.3 Å². The quantitative estimate of drug-likeness (QED) is 0.831. The predicted molar refractivity (Wildman–Crippen MR) is 66.3 cm³/mol. The molecule has 1 aromatic heterocycles. The highest BCUT2D eigenvalue weighted by Crippen LogP contribution is 2.44. The van der Waals surface area contributed by atoms with Crippen LogP contribution in [0.15, 0.2) is 36.5 Å². The minimum absolute atomic E-state index is 0.225. The summed E-state index contributed by atoms with van der Waals surface area (Å²) in [5.74, 6) is 0. The third kappa shape index (κ3) is 1.26. The van der Waals surface area contributed by atoms with E-state index < -0.39 is 0 Å². The van der Waals surface area contributed by atoms with Gasteiger partial charge in [-0.2, -0.15) is 0 Å². The SMILES string of the molecule is NCC1(c2ccnc3ccccc23)CCC1. The van der Waals surface area contributed by atoms with Crippen molar-refractivity contribution in [2.75, 3.05) is 6.54 Å². The summed E-state index contributed by atoms with van der Waals surface area (Å²) in [5, 5.41) is 1.27. The lowest BCUT2D eigenvalue weighted by Gasteiger charge is -2.42. The van der Waals surface area contributed by atoms with Gasteiger partial charge in [-0.05, 0) is 30.5 Å². The van der Waals surface area contributed by atoms with Crippen molar-refractivity contribution in [1.82, 2.24) is 4.98 Å². The molecule has 2 N–H and O–H groups in total. The first-order valence-electron chi connectivity index (χ1n) is 5.90. The highest BCUT2D eigenvalue weighted by Gasteiger charge is 2.38. The molecule has 2 aromatic rings. The van der Waals surface area contributed by atoms with E-state index in [0.29, 0.717) is 0 Å². The highest BCUT2D eigenvalue weighted by molar-refractivity contribution is 5.83. The van der Waals surface area contributed by atoms with Gasteiger partial charge in [0.05, 0.1) is 5.52 Å². The van der Waals surface area contributed by atoms with Gasteiger partial charge in [0.2, 0.25) is 0 Å². The molecule has 2 heteroatoms. The summed E-state index contributed by atoms with van der Waals surface area (Å²) in [6, 6.07) is 10.5. The summed E-state index contributed by atoms with van der Waals surface area (Å²) in [5.41, 5.74) is 8.67. The fraction of sp³-hybridized carbons (Fsp3) is 0.357. The second kappa shape index (κ2) is 3.56. The van der Waals surface area contributed by atoms with E-state index in [1.54, 1.807) is 0 Å². The molecule has 0 unspecified atom stereocenters. The van der Waals surface area contributed by atoms with Crippen LogP contribution in [0.4, 0.5) is 0 Å². The summed E-state index contributed by atoms with van der Waals surface area (Å²) in [4.78, 5) is 4.41. The number of fused-ring (bicyclic) bond motifs is 1. The zero-order valence-electron chi connectivity index (χ0n) is 9.32. The van der Waals surface area contributed by atoms with E-state index in [9.17, 15) is 0 Å². The first kappa shape index (κ1) is 9.79. The zero-order valence-corrected chi connectivity index (χ0v) is 9.32. The van der Waals surface area contributed by atoms with Crippen molar-refractivity contribution in [1.29, 1.82) is 0 Å². The number of nitrogens with zero attached hydrogens (tertiary/aromatic N) is 1. The molecule has 1 fully saturated rings. The summed E-state index contributed by atoms with van der Waals surface area (Å²) >= 11 is 0. The van der Waals surface area contributed by atoms with Crippen molar-refractivity contribution in [3.63, 3.8) is 0 Å². The third-order valence-corrected chi connectivity index (χ3v) is 3.92. The minimum atomic E-state index is 0.225. The van der Waals surface area contributed by atoms with E-state index in [0.717, 1.165) is 12.1 Å². The normalized spacial score (nSPS) is 18.3. The fourth-order valence-electron chi connectivity index (χ4n) is 2.75. The van der Waals surface area contributed by atoms with Gasteiger partial charge in [-0.3, -0.25) is 4.98 Å². The number of rotatable bonds is 2. The molecule has 2 nitrogen and oxygen atoms in total. The van der Waals surface area contributed by atoms with Crippen molar-refractivity contribution < 1.29 is 0 Å². The Hall–Kier alpha value is -1.41. The first-order valence-corrected chi connectivity index (χ1v) is 5.90. The molecule has 0 radical (unpaired) electrons. The lowest BCUT2D eigenvalue weighted by molar-refractivity contribution is 0.255. The van der Waals surface area contributed by atoms with Gasteiger partial charge in [0.25, 0.3) is 0 Å². The topological polar surface area (TPSA) is 38.9 Å².